The quantitative estimate of drug-likeness (QED) is 0.492. The first-order chi connectivity index (χ1) is 10.5. The summed E-state index contributed by atoms with van der Waals surface area (Å²) in [5.74, 6) is -0.307. The standard InChI is InChI=1S/C11H8B2N8O/c12-8-4-3-17-21(13)6(4)1-7(18-8)19-10-5(9(14)22)2-16-11(15)20-10/h1-3H,(H2,14,22)(H3,15,16,18,19,20). The number of fused-ring (bicyclic) bond motifs is 1. The van der Waals surface area contributed by atoms with Gasteiger partial charge < -0.3 is 21.4 Å². The zero-order valence-corrected chi connectivity index (χ0v) is 11.2. The molecule has 3 aromatic rings. The third-order valence-corrected chi connectivity index (χ3v) is 2.94. The lowest BCUT2D eigenvalue weighted by Gasteiger charge is -2.10. The second-order valence-electron chi connectivity index (χ2n) is 4.39. The first-order valence-corrected chi connectivity index (χ1v) is 6.04. The Balaban J connectivity index is 2.08. The van der Waals surface area contributed by atoms with Crippen LogP contribution < -0.4 is 22.4 Å². The number of carbonyl (C=O) groups excluding carboxylic acids is 1. The maximum Gasteiger partial charge on any atom is 0.265 e. The van der Waals surface area contributed by atoms with Gasteiger partial charge in [0, 0.05) is 23.2 Å². The lowest BCUT2D eigenvalue weighted by Crippen LogP contribution is -2.17. The maximum absolute atomic E-state index is 11.4. The fourth-order valence-electron chi connectivity index (χ4n) is 1.92. The van der Waals surface area contributed by atoms with Crippen molar-refractivity contribution < 1.29 is 4.79 Å². The van der Waals surface area contributed by atoms with Crippen LogP contribution >= 0.6 is 0 Å². The fourth-order valence-corrected chi connectivity index (χ4v) is 1.92. The highest BCUT2D eigenvalue weighted by Gasteiger charge is 2.13. The van der Waals surface area contributed by atoms with Gasteiger partial charge in [0.25, 0.3) is 13.9 Å². The van der Waals surface area contributed by atoms with E-state index >= 15 is 0 Å². The van der Waals surface area contributed by atoms with E-state index in [0.29, 0.717) is 16.7 Å². The van der Waals surface area contributed by atoms with Crippen LogP contribution in [0.1, 0.15) is 10.4 Å². The summed E-state index contributed by atoms with van der Waals surface area (Å²) < 4.78 is 1.15. The Bertz CT molecular complexity index is 893. The molecule has 0 fully saturated rings. The molecule has 0 saturated carbocycles. The normalized spacial score (nSPS) is 10.7. The van der Waals surface area contributed by atoms with Crippen LogP contribution in [0.2, 0.25) is 0 Å². The maximum atomic E-state index is 11.4. The minimum absolute atomic E-state index is 0.0228. The molecule has 22 heavy (non-hydrogen) atoms. The van der Waals surface area contributed by atoms with Gasteiger partial charge in [-0.3, -0.25) is 4.79 Å². The molecule has 104 valence electrons. The third kappa shape index (κ3) is 2.32. The van der Waals surface area contributed by atoms with E-state index in [1.807, 2.05) is 0 Å². The number of aromatic nitrogens is 5. The van der Waals surface area contributed by atoms with Gasteiger partial charge in [-0.05, 0) is 0 Å². The summed E-state index contributed by atoms with van der Waals surface area (Å²) in [4.78, 5) is 23.2. The number of hydrogen-bond acceptors (Lipinski definition) is 7. The summed E-state index contributed by atoms with van der Waals surface area (Å²) in [5.41, 5.74) is 11.6. The largest absolute Gasteiger partial charge is 0.368 e. The summed E-state index contributed by atoms with van der Waals surface area (Å²) in [6.45, 7) is 0. The molecular weight excluding hydrogens is 282 g/mol. The SMILES string of the molecule is [B]c1nc(Nc2nc(N)ncc2C(N)=O)cc2c1cnn2[B]. The summed E-state index contributed by atoms with van der Waals surface area (Å²) in [7, 11) is 11.5. The molecule has 0 unspecified atom stereocenters. The molecule has 0 saturated heterocycles. The molecule has 0 aliphatic rings. The number of rotatable bonds is 3. The second kappa shape index (κ2) is 5.02. The van der Waals surface area contributed by atoms with Crippen LogP contribution in [0.25, 0.3) is 10.9 Å². The van der Waals surface area contributed by atoms with Gasteiger partial charge in [0.2, 0.25) is 5.95 Å². The Morgan fingerprint density at radius 3 is 2.82 bits per heavy atom. The zero-order valence-electron chi connectivity index (χ0n) is 11.2. The van der Waals surface area contributed by atoms with Gasteiger partial charge in [-0.25, -0.2) is 9.97 Å². The summed E-state index contributed by atoms with van der Waals surface area (Å²) >= 11 is 0. The van der Waals surface area contributed by atoms with Gasteiger partial charge in [0.15, 0.2) is 0 Å². The van der Waals surface area contributed by atoms with Crippen molar-refractivity contribution >= 4 is 55.8 Å². The van der Waals surface area contributed by atoms with Crippen molar-refractivity contribution in [1.82, 2.24) is 24.6 Å². The van der Waals surface area contributed by atoms with Gasteiger partial charge in [0.1, 0.15) is 25.0 Å². The minimum Gasteiger partial charge on any atom is -0.368 e. The van der Waals surface area contributed by atoms with Crippen molar-refractivity contribution in [1.29, 1.82) is 0 Å². The van der Waals surface area contributed by atoms with Gasteiger partial charge in [-0.15, -0.1) is 0 Å². The molecule has 3 heterocycles. The molecule has 0 atom stereocenters. The Kier molecular flexibility index (Phi) is 3.17. The Morgan fingerprint density at radius 2 is 2.09 bits per heavy atom. The van der Waals surface area contributed by atoms with Crippen molar-refractivity contribution in [2.45, 2.75) is 0 Å². The molecule has 5 N–H and O–H groups in total. The average Bonchev–Trinajstić information content (AvgIpc) is 2.81. The van der Waals surface area contributed by atoms with Crippen molar-refractivity contribution in [2.75, 3.05) is 11.1 Å². The van der Waals surface area contributed by atoms with E-state index in [1.54, 1.807) is 6.07 Å². The van der Waals surface area contributed by atoms with Gasteiger partial charge in [-0.1, -0.05) is 0 Å². The Labute approximate surface area is 127 Å². The fraction of sp³-hybridized carbons (Fsp3) is 0. The molecule has 0 aromatic carbocycles. The minimum atomic E-state index is -0.708. The van der Waals surface area contributed by atoms with Crippen molar-refractivity contribution in [3.8, 4) is 0 Å². The average molecular weight is 290 g/mol. The van der Waals surface area contributed by atoms with Crippen LogP contribution in [0.5, 0.6) is 0 Å². The highest BCUT2D eigenvalue weighted by Crippen LogP contribution is 2.19. The number of primary amides is 1. The van der Waals surface area contributed by atoms with Crippen LogP contribution in [-0.2, 0) is 0 Å². The zero-order chi connectivity index (χ0) is 15.9. The summed E-state index contributed by atoms with van der Waals surface area (Å²) in [6.07, 6.45) is 2.72. The molecule has 0 aliphatic carbocycles. The molecule has 3 aromatic heterocycles. The van der Waals surface area contributed by atoms with E-state index in [1.165, 1.54) is 12.4 Å². The second-order valence-corrected chi connectivity index (χ2v) is 4.39. The van der Waals surface area contributed by atoms with Gasteiger partial charge in [-0.2, -0.15) is 10.1 Å². The van der Waals surface area contributed by atoms with Crippen molar-refractivity contribution in [3.05, 3.63) is 24.0 Å². The van der Waals surface area contributed by atoms with E-state index in [-0.39, 0.29) is 22.9 Å². The van der Waals surface area contributed by atoms with Crippen LogP contribution in [0.15, 0.2) is 18.5 Å². The lowest BCUT2D eigenvalue weighted by molar-refractivity contribution is 0.100. The molecular formula is C11H8B2N8O. The highest BCUT2D eigenvalue weighted by molar-refractivity contribution is 6.37. The topological polar surface area (TPSA) is 138 Å². The number of anilines is 3. The number of nitrogens with one attached hydrogen (secondary N) is 1. The summed E-state index contributed by atoms with van der Waals surface area (Å²) in [6, 6.07) is 1.60. The predicted octanol–water partition coefficient (Wildman–Crippen LogP) is -1.63. The first kappa shape index (κ1) is 13.9. The smallest absolute Gasteiger partial charge is 0.265 e. The lowest BCUT2D eigenvalue weighted by atomic mass is 10.00. The molecule has 4 radical (unpaired) electrons. The first-order valence-electron chi connectivity index (χ1n) is 6.04. The van der Waals surface area contributed by atoms with Crippen LogP contribution in [0.3, 0.4) is 0 Å². The molecule has 0 aliphatic heterocycles. The predicted molar refractivity (Wildman–Crippen MR) is 82.3 cm³/mol. The number of nitrogens with two attached hydrogens (primary N) is 2. The molecule has 0 bridgehead atoms. The van der Waals surface area contributed by atoms with Crippen LogP contribution in [0, 0.1) is 0 Å². The number of amides is 1. The number of nitrogen functional groups attached to an aromatic ring is 1. The van der Waals surface area contributed by atoms with Crippen LogP contribution in [-0.4, -0.2) is 46.4 Å². The van der Waals surface area contributed by atoms with Gasteiger partial charge >= 0.3 is 0 Å². The molecule has 1 amide bonds. The summed E-state index contributed by atoms with van der Waals surface area (Å²) in [5, 5.41) is 7.32. The Morgan fingerprint density at radius 1 is 1.32 bits per heavy atom. The molecule has 3 rings (SSSR count). The van der Waals surface area contributed by atoms with Crippen LogP contribution in [0.4, 0.5) is 17.6 Å². The van der Waals surface area contributed by atoms with E-state index in [2.05, 4.69) is 25.4 Å². The van der Waals surface area contributed by atoms with E-state index in [0.717, 1.165) is 4.59 Å². The third-order valence-electron chi connectivity index (χ3n) is 2.94. The molecule has 11 heteroatoms. The van der Waals surface area contributed by atoms with E-state index in [4.69, 9.17) is 27.3 Å². The molecule has 9 nitrogen and oxygen atoms in total. The highest BCUT2D eigenvalue weighted by atomic mass is 16.1. The molecule has 0 spiro atoms. The number of carbonyl (C=O) groups is 1. The number of nitrogens with zero attached hydrogens (tertiary/aromatic N) is 5. The van der Waals surface area contributed by atoms with E-state index < -0.39 is 5.91 Å². The number of pyridine rings is 1. The van der Waals surface area contributed by atoms with Gasteiger partial charge in [0.05, 0.1) is 11.7 Å². The Hall–Kier alpha value is -3.10. The van der Waals surface area contributed by atoms with Crippen molar-refractivity contribution in [2.24, 2.45) is 5.73 Å². The van der Waals surface area contributed by atoms with E-state index in [9.17, 15) is 4.79 Å². The van der Waals surface area contributed by atoms with Crippen molar-refractivity contribution in [3.63, 3.8) is 0 Å². The number of hydrogen-bond donors (Lipinski definition) is 3. The monoisotopic (exact) mass is 290 g/mol.